The van der Waals surface area contributed by atoms with Crippen molar-refractivity contribution in [1.82, 2.24) is 5.32 Å². The summed E-state index contributed by atoms with van der Waals surface area (Å²) < 4.78 is 28.7. The first kappa shape index (κ1) is 17.2. The molecule has 0 amide bonds. The van der Waals surface area contributed by atoms with Crippen LogP contribution < -0.4 is 5.32 Å². The van der Waals surface area contributed by atoms with Crippen molar-refractivity contribution in [3.8, 4) is 0 Å². The summed E-state index contributed by atoms with van der Waals surface area (Å²) >= 11 is 5.01. The van der Waals surface area contributed by atoms with E-state index in [0.717, 1.165) is 18.7 Å². The Hall–Kier alpha value is -0.130. The minimum atomic E-state index is -0.476. The van der Waals surface area contributed by atoms with Gasteiger partial charge in [0, 0.05) is 22.6 Å². The van der Waals surface area contributed by atoms with Crippen molar-refractivity contribution in [3.05, 3.63) is 33.8 Å². The third kappa shape index (κ3) is 4.67. The lowest BCUT2D eigenvalue weighted by atomic mass is 10.1. The Bertz CT molecular complexity index is 464. The summed E-state index contributed by atoms with van der Waals surface area (Å²) in [5.41, 5.74) is 0.170. The van der Waals surface area contributed by atoms with Crippen molar-refractivity contribution < 1.29 is 8.78 Å². The van der Waals surface area contributed by atoms with Crippen LogP contribution >= 0.6 is 27.7 Å². The van der Waals surface area contributed by atoms with E-state index in [9.17, 15) is 8.78 Å². The maximum absolute atomic E-state index is 14.3. The van der Waals surface area contributed by atoms with Gasteiger partial charge < -0.3 is 5.32 Å². The van der Waals surface area contributed by atoms with E-state index in [0.29, 0.717) is 9.72 Å². The molecule has 0 bridgehead atoms. The van der Waals surface area contributed by atoms with Crippen molar-refractivity contribution in [2.75, 3.05) is 12.3 Å². The SMILES string of the molecule is CCCNC(CSC1CCCC1)c1c(F)ccc(Br)c1F. The molecule has 1 atom stereocenters. The molecule has 1 aliphatic carbocycles. The Balaban J connectivity index is 2.12. The zero-order chi connectivity index (χ0) is 15.2. The number of rotatable bonds is 7. The van der Waals surface area contributed by atoms with Crippen molar-refractivity contribution in [3.63, 3.8) is 0 Å². The topological polar surface area (TPSA) is 12.0 Å². The molecule has 0 saturated heterocycles. The molecule has 118 valence electrons. The van der Waals surface area contributed by atoms with Gasteiger partial charge in [-0.05, 0) is 53.9 Å². The fourth-order valence-corrected chi connectivity index (χ4v) is 4.47. The predicted octanol–water partition coefficient (Wildman–Crippen LogP) is 5.44. The van der Waals surface area contributed by atoms with Crippen molar-refractivity contribution in [1.29, 1.82) is 0 Å². The molecule has 0 radical (unpaired) electrons. The van der Waals surface area contributed by atoms with Crippen LogP contribution in [-0.4, -0.2) is 17.5 Å². The number of benzene rings is 1. The smallest absolute Gasteiger partial charge is 0.145 e. The van der Waals surface area contributed by atoms with Gasteiger partial charge in [0.2, 0.25) is 0 Å². The number of thioether (sulfide) groups is 1. The summed E-state index contributed by atoms with van der Waals surface area (Å²) in [4.78, 5) is 0. The lowest BCUT2D eigenvalue weighted by Gasteiger charge is -2.22. The third-order valence-corrected chi connectivity index (χ3v) is 5.95. The normalized spacial score (nSPS) is 17.3. The molecule has 5 heteroatoms. The fourth-order valence-electron chi connectivity index (χ4n) is 2.71. The van der Waals surface area contributed by atoms with Crippen LogP contribution in [0, 0.1) is 11.6 Å². The maximum Gasteiger partial charge on any atom is 0.145 e. The quantitative estimate of drug-likeness (QED) is 0.634. The van der Waals surface area contributed by atoms with Crippen LogP contribution in [0.5, 0.6) is 0 Å². The molecule has 0 aliphatic heterocycles. The van der Waals surface area contributed by atoms with E-state index in [2.05, 4.69) is 28.2 Å². The third-order valence-electron chi connectivity index (χ3n) is 3.87. The Morgan fingerprint density at radius 2 is 2.05 bits per heavy atom. The van der Waals surface area contributed by atoms with Gasteiger partial charge in [-0.3, -0.25) is 0 Å². The highest BCUT2D eigenvalue weighted by Gasteiger charge is 2.24. The van der Waals surface area contributed by atoms with Crippen LogP contribution in [-0.2, 0) is 0 Å². The van der Waals surface area contributed by atoms with E-state index in [4.69, 9.17) is 0 Å². The second-order valence-electron chi connectivity index (χ2n) is 5.50. The highest BCUT2D eigenvalue weighted by Crippen LogP contribution is 2.34. The predicted molar refractivity (Wildman–Crippen MR) is 89.8 cm³/mol. The van der Waals surface area contributed by atoms with Crippen molar-refractivity contribution in [2.45, 2.75) is 50.3 Å². The molecule has 1 aromatic carbocycles. The van der Waals surface area contributed by atoms with Gasteiger partial charge in [0.1, 0.15) is 11.6 Å². The molecule has 1 saturated carbocycles. The lowest BCUT2D eigenvalue weighted by molar-refractivity contribution is 0.489. The van der Waals surface area contributed by atoms with Gasteiger partial charge in [0.25, 0.3) is 0 Å². The van der Waals surface area contributed by atoms with Gasteiger partial charge in [0.05, 0.1) is 4.47 Å². The van der Waals surface area contributed by atoms with E-state index in [1.54, 1.807) is 0 Å². The molecule has 0 heterocycles. The molecular weight excluding hydrogens is 356 g/mol. The van der Waals surface area contributed by atoms with E-state index in [1.165, 1.54) is 37.8 Å². The Morgan fingerprint density at radius 3 is 2.71 bits per heavy atom. The molecule has 1 aliphatic rings. The van der Waals surface area contributed by atoms with Crippen molar-refractivity contribution in [2.24, 2.45) is 0 Å². The highest BCUT2D eigenvalue weighted by atomic mass is 79.9. The number of hydrogen-bond donors (Lipinski definition) is 1. The van der Waals surface area contributed by atoms with Crippen LogP contribution in [0.25, 0.3) is 0 Å². The molecule has 2 rings (SSSR count). The van der Waals surface area contributed by atoms with Crippen molar-refractivity contribution >= 4 is 27.7 Å². The van der Waals surface area contributed by atoms with E-state index in [-0.39, 0.29) is 11.6 Å². The lowest BCUT2D eigenvalue weighted by Crippen LogP contribution is -2.27. The standard InChI is InChI=1S/C16H22BrF2NS/c1-2-9-20-14(10-21-11-5-3-4-6-11)15-13(18)8-7-12(17)16(15)19/h7-8,11,14,20H,2-6,9-10H2,1H3. The largest absolute Gasteiger partial charge is 0.309 e. The van der Waals surface area contributed by atoms with E-state index >= 15 is 0 Å². The Labute approximate surface area is 138 Å². The number of hydrogen-bond acceptors (Lipinski definition) is 2. The molecule has 1 unspecified atom stereocenters. The first-order valence-electron chi connectivity index (χ1n) is 7.61. The van der Waals surface area contributed by atoms with E-state index < -0.39 is 11.6 Å². The van der Waals surface area contributed by atoms with E-state index in [1.807, 2.05) is 11.8 Å². The Kier molecular flexibility index (Phi) is 6.96. The summed E-state index contributed by atoms with van der Waals surface area (Å²) in [6, 6.07) is 2.49. The van der Waals surface area contributed by atoms with Crippen LogP contribution in [0.15, 0.2) is 16.6 Å². The second kappa shape index (κ2) is 8.49. The van der Waals surface area contributed by atoms with Crippen LogP contribution in [0.1, 0.15) is 50.6 Å². The average molecular weight is 378 g/mol. The van der Waals surface area contributed by atoms with Crippen LogP contribution in [0.2, 0.25) is 0 Å². The van der Waals surface area contributed by atoms with Gasteiger partial charge in [-0.25, -0.2) is 8.78 Å². The molecule has 1 fully saturated rings. The summed E-state index contributed by atoms with van der Waals surface area (Å²) in [7, 11) is 0. The summed E-state index contributed by atoms with van der Waals surface area (Å²) in [6.07, 6.45) is 5.97. The zero-order valence-corrected chi connectivity index (χ0v) is 14.7. The molecule has 1 aromatic rings. The minimum absolute atomic E-state index is 0.170. The molecule has 21 heavy (non-hydrogen) atoms. The highest BCUT2D eigenvalue weighted by molar-refractivity contribution is 9.10. The van der Waals surface area contributed by atoms with Gasteiger partial charge in [-0.1, -0.05) is 19.8 Å². The fraction of sp³-hybridized carbons (Fsp3) is 0.625. The molecule has 0 aromatic heterocycles. The number of nitrogens with one attached hydrogen (secondary N) is 1. The Morgan fingerprint density at radius 1 is 1.33 bits per heavy atom. The molecule has 1 nitrogen and oxygen atoms in total. The molecule has 0 spiro atoms. The van der Waals surface area contributed by atoms with Crippen LogP contribution in [0.4, 0.5) is 8.78 Å². The van der Waals surface area contributed by atoms with Crippen LogP contribution in [0.3, 0.4) is 0 Å². The average Bonchev–Trinajstić information content (AvgIpc) is 2.98. The van der Waals surface area contributed by atoms with Gasteiger partial charge in [0.15, 0.2) is 0 Å². The first-order valence-corrected chi connectivity index (χ1v) is 9.46. The van der Waals surface area contributed by atoms with Gasteiger partial charge >= 0.3 is 0 Å². The molecule has 1 N–H and O–H groups in total. The zero-order valence-electron chi connectivity index (χ0n) is 12.3. The summed E-state index contributed by atoms with van der Waals surface area (Å²) in [5.74, 6) is -0.221. The molecular formula is C16H22BrF2NS. The monoisotopic (exact) mass is 377 g/mol. The summed E-state index contributed by atoms with van der Waals surface area (Å²) in [6.45, 7) is 2.82. The number of halogens is 3. The summed E-state index contributed by atoms with van der Waals surface area (Å²) in [5, 5.41) is 3.94. The minimum Gasteiger partial charge on any atom is -0.309 e. The maximum atomic E-state index is 14.3. The second-order valence-corrected chi connectivity index (χ2v) is 7.69. The van der Waals surface area contributed by atoms with Gasteiger partial charge in [-0.15, -0.1) is 0 Å². The van der Waals surface area contributed by atoms with Gasteiger partial charge in [-0.2, -0.15) is 11.8 Å². The first-order chi connectivity index (χ1) is 10.1.